The van der Waals surface area contributed by atoms with Crippen LogP contribution in [0.3, 0.4) is 0 Å². The zero-order valence-electron chi connectivity index (χ0n) is 15.0. The van der Waals surface area contributed by atoms with Gasteiger partial charge in [-0.1, -0.05) is 26.2 Å². The van der Waals surface area contributed by atoms with Crippen LogP contribution in [-0.2, 0) is 9.59 Å². The Morgan fingerprint density at radius 1 is 1.12 bits per heavy atom. The van der Waals surface area contributed by atoms with E-state index < -0.39 is 5.54 Å². The molecule has 2 rings (SSSR count). The number of nitrogens with zero attached hydrogens (tertiary/aromatic N) is 3. The molecule has 0 aromatic rings. The summed E-state index contributed by atoms with van der Waals surface area (Å²) in [6, 6.07) is 2.08. The molecule has 1 aliphatic heterocycles. The third kappa shape index (κ3) is 4.47. The second kappa shape index (κ2) is 8.48. The molecule has 134 valence electrons. The molecule has 1 unspecified atom stereocenters. The normalized spacial score (nSPS) is 23.0. The summed E-state index contributed by atoms with van der Waals surface area (Å²) >= 11 is 0. The van der Waals surface area contributed by atoms with Crippen molar-refractivity contribution >= 4 is 11.8 Å². The van der Waals surface area contributed by atoms with Gasteiger partial charge in [-0.3, -0.25) is 14.5 Å². The molecule has 6 heteroatoms. The van der Waals surface area contributed by atoms with E-state index in [0.717, 1.165) is 51.6 Å². The van der Waals surface area contributed by atoms with Crippen LogP contribution in [0.1, 0.15) is 58.8 Å². The van der Waals surface area contributed by atoms with Crippen molar-refractivity contribution in [2.75, 3.05) is 26.2 Å². The zero-order chi connectivity index (χ0) is 17.6. The van der Waals surface area contributed by atoms with Gasteiger partial charge in [0.15, 0.2) is 0 Å². The number of hydrogen-bond donors (Lipinski definition) is 1. The first-order valence-electron chi connectivity index (χ1n) is 9.26. The molecular weight excluding hydrogens is 304 g/mol. The lowest BCUT2D eigenvalue weighted by molar-refractivity contribution is -0.130. The molecule has 0 radical (unpaired) electrons. The van der Waals surface area contributed by atoms with E-state index in [1.807, 2.05) is 18.7 Å². The monoisotopic (exact) mass is 334 g/mol. The van der Waals surface area contributed by atoms with Crippen LogP contribution in [0, 0.1) is 11.3 Å². The first-order chi connectivity index (χ1) is 11.5. The summed E-state index contributed by atoms with van der Waals surface area (Å²) in [5, 5.41) is 12.6. The van der Waals surface area contributed by atoms with Crippen LogP contribution in [0.15, 0.2) is 0 Å². The highest BCUT2D eigenvalue weighted by molar-refractivity contribution is 5.82. The second-order valence-electron chi connectivity index (χ2n) is 7.04. The predicted octanol–water partition coefficient (Wildman–Crippen LogP) is 1.66. The van der Waals surface area contributed by atoms with Gasteiger partial charge in [0.2, 0.25) is 11.8 Å². The fourth-order valence-corrected chi connectivity index (χ4v) is 3.72. The molecule has 24 heavy (non-hydrogen) atoms. The number of hydrogen-bond acceptors (Lipinski definition) is 4. The van der Waals surface area contributed by atoms with Crippen molar-refractivity contribution in [3.8, 4) is 6.07 Å². The van der Waals surface area contributed by atoms with E-state index in [1.165, 1.54) is 0 Å². The maximum Gasteiger partial charge on any atom is 0.238 e. The van der Waals surface area contributed by atoms with Crippen molar-refractivity contribution in [1.82, 2.24) is 15.1 Å². The predicted molar refractivity (Wildman–Crippen MR) is 92.1 cm³/mol. The summed E-state index contributed by atoms with van der Waals surface area (Å²) < 4.78 is 0. The Morgan fingerprint density at radius 3 is 2.46 bits per heavy atom. The number of nitriles is 1. The minimum Gasteiger partial charge on any atom is -0.341 e. The standard InChI is InChI=1S/C18H30N4O2/c1-3-16(23)22-11-7-10-21(12-13-22)15(2)17(24)20-18(14-19)8-5-4-6-9-18/h15H,3-13H2,1-2H3,(H,20,24). The van der Waals surface area contributed by atoms with Gasteiger partial charge in [0, 0.05) is 32.6 Å². The molecule has 0 aromatic carbocycles. The van der Waals surface area contributed by atoms with Gasteiger partial charge in [0.05, 0.1) is 12.1 Å². The van der Waals surface area contributed by atoms with Crippen LogP contribution in [0.25, 0.3) is 0 Å². The maximum absolute atomic E-state index is 12.7. The minimum absolute atomic E-state index is 0.0614. The van der Waals surface area contributed by atoms with Crippen LogP contribution in [-0.4, -0.2) is 59.4 Å². The summed E-state index contributed by atoms with van der Waals surface area (Å²) in [4.78, 5) is 28.6. The molecule has 2 amide bonds. The van der Waals surface area contributed by atoms with Crippen molar-refractivity contribution in [3.63, 3.8) is 0 Å². The maximum atomic E-state index is 12.7. The summed E-state index contributed by atoms with van der Waals surface area (Å²) in [7, 11) is 0. The zero-order valence-corrected chi connectivity index (χ0v) is 15.0. The smallest absolute Gasteiger partial charge is 0.238 e. The molecule has 1 atom stereocenters. The summed E-state index contributed by atoms with van der Waals surface area (Å²) in [6.07, 6.45) is 6.05. The highest BCUT2D eigenvalue weighted by Crippen LogP contribution is 2.27. The first kappa shape index (κ1) is 18.7. The van der Waals surface area contributed by atoms with E-state index in [0.29, 0.717) is 19.5 Å². The van der Waals surface area contributed by atoms with Crippen LogP contribution < -0.4 is 5.32 Å². The molecule has 1 N–H and O–H groups in total. The SMILES string of the molecule is CCC(=O)N1CCCN(C(C)C(=O)NC2(C#N)CCCCC2)CC1. The highest BCUT2D eigenvalue weighted by atomic mass is 16.2. The Morgan fingerprint density at radius 2 is 1.83 bits per heavy atom. The molecule has 1 saturated heterocycles. The number of carbonyl (C=O) groups excluding carboxylic acids is 2. The van der Waals surface area contributed by atoms with Gasteiger partial charge < -0.3 is 10.2 Å². The molecule has 1 aliphatic carbocycles. The Balaban J connectivity index is 1.93. The van der Waals surface area contributed by atoms with E-state index in [-0.39, 0.29) is 17.9 Å². The lowest BCUT2D eigenvalue weighted by Crippen LogP contribution is -2.55. The molecular formula is C18H30N4O2. The Hall–Kier alpha value is -1.61. The summed E-state index contributed by atoms with van der Waals surface area (Å²) in [5.41, 5.74) is -0.681. The average Bonchev–Trinajstić information content (AvgIpc) is 2.87. The van der Waals surface area contributed by atoms with Crippen molar-refractivity contribution < 1.29 is 9.59 Å². The van der Waals surface area contributed by atoms with Crippen LogP contribution in [0.5, 0.6) is 0 Å². The first-order valence-corrected chi connectivity index (χ1v) is 9.26. The Kier molecular flexibility index (Phi) is 6.61. The highest BCUT2D eigenvalue weighted by Gasteiger charge is 2.36. The van der Waals surface area contributed by atoms with Crippen LogP contribution in [0.4, 0.5) is 0 Å². The molecule has 0 spiro atoms. The van der Waals surface area contributed by atoms with E-state index >= 15 is 0 Å². The molecule has 1 saturated carbocycles. The second-order valence-corrected chi connectivity index (χ2v) is 7.04. The van der Waals surface area contributed by atoms with Crippen molar-refractivity contribution in [2.45, 2.75) is 70.4 Å². The summed E-state index contributed by atoms with van der Waals surface area (Å²) in [5.74, 6) is 0.119. The fourth-order valence-electron chi connectivity index (χ4n) is 3.72. The van der Waals surface area contributed by atoms with Crippen LogP contribution in [0.2, 0.25) is 0 Å². The van der Waals surface area contributed by atoms with E-state index in [1.54, 1.807) is 0 Å². The van der Waals surface area contributed by atoms with Gasteiger partial charge in [-0.05, 0) is 26.2 Å². The lowest BCUT2D eigenvalue weighted by atomic mass is 9.82. The van der Waals surface area contributed by atoms with E-state index in [4.69, 9.17) is 0 Å². The molecule has 2 aliphatic rings. The van der Waals surface area contributed by atoms with Crippen LogP contribution >= 0.6 is 0 Å². The number of carbonyl (C=O) groups is 2. The quantitative estimate of drug-likeness (QED) is 0.848. The Labute approximate surface area is 145 Å². The van der Waals surface area contributed by atoms with E-state index in [2.05, 4.69) is 16.3 Å². The third-order valence-corrected chi connectivity index (χ3v) is 5.40. The van der Waals surface area contributed by atoms with E-state index in [9.17, 15) is 14.9 Å². The minimum atomic E-state index is -0.681. The van der Waals surface area contributed by atoms with Gasteiger partial charge in [-0.25, -0.2) is 0 Å². The fraction of sp³-hybridized carbons (Fsp3) is 0.833. The van der Waals surface area contributed by atoms with Crippen molar-refractivity contribution in [1.29, 1.82) is 5.26 Å². The Bertz CT molecular complexity index is 494. The largest absolute Gasteiger partial charge is 0.341 e. The molecule has 6 nitrogen and oxygen atoms in total. The number of amides is 2. The van der Waals surface area contributed by atoms with Gasteiger partial charge in [0.1, 0.15) is 5.54 Å². The lowest BCUT2D eigenvalue weighted by Gasteiger charge is -2.34. The van der Waals surface area contributed by atoms with Gasteiger partial charge >= 0.3 is 0 Å². The van der Waals surface area contributed by atoms with Gasteiger partial charge in [-0.15, -0.1) is 0 Å². The topological polar surface area (TPSA) is 76.4 Å². The molecule has 0 bridgehead atoms. The van der Waals surface area contributed by atoms with Crippen molar-refractivity contribution in [2.24, 2.45) is 0 Å². The van der Waals surface area contributed by atoms with Gasteiger partial charge in [-0.2, -0.15) is 5.26 Å². The van der Waals surface area contributed by atoms with Crippen molar-refractivity contribution in [3.05, 3.63) is 0 Å². The molecule has 2 fully saturated rings. The average molecular weight is 334 g/mol. The summed E-state index contributed by atoms with van der Waals surface area (Å²) in [6.45, 7) is 6.74. The number of rotatable bonds is 4. The third-order valence-electron chi connectivity index (χ3n) is 5.40. The molecule has 1 heterocycles. The number of nitrogens with one attached hydrogen (secondary N) is 1. The molecule has 0 aromatic heterocycles. The van der Waals surface area contributed by atoms with Gasteiger partial charge in [0.25, 0.3) is 0 Å².